The highest BCUT2D eigenvalue weighted by Crippen LogP contribution is 2.36. The molecule has 1 aromatic carbocycles. The van der Waals surface area contributed by atoms with Gasteiger partial charge < -0.3 is 10.1 Å². The quantitative estimate of drug-likeness (QED) is 0.918. The number of benzene rings is 1. The van der Waals surface area contributed by atoms with Crippen LogP contribution in [-0.4, -0.2) is 29.4 Å². The molecule has 2 aromatic rings. The van der Waals surface area contributed by atoms with E-state index in [9.17, 15) is 18.0 Å². The number of para-hydroxylation sites is 1. The number of rotatable bonds is 5. The lowest BCUT2D eigenvalue weighted by Gasteiger charge is -2.15. The molecule has 0 aliphatic rings. The van der Waals surface area contributed by atoms with Crippen molar-refractivity contribution in [3.63, 3.8) is 0 Å². The van der Waals surface area contributed by atoms with E-state index in [1.165, 1.54) is 19.2 Å². The van der Waals surface area contributed by atoms with Crippen molar-refractivity contribution in [2.75, 3.05) is 19.0 Å². The first-order valence-electron chi connectivity index (χ1n) is 6.85. The predicted molar refractivity (Wildman–Crippen MR) is 78.2 cm³/mol. The number of ether oxygens (including phenoxy) is 1. The van der Waals surface area contributed by atoms with Gasteiger partial charge >= 0.3 is 6.18 Å². The van der Waals surface area contributed by atoms with Crippen LogP contribution in [0.3, 0.4) is 0 Å². The van der Waals surface area contributed by atoms with Crippen LogP contribution in [-0.2, 0) is 15.7 Å². The summed E-state index contributed by atoms with van der Waals surface area (Å²) in [5.74, 6) is -1.15. The Morgan fingerprint density at radius 3 is 2.57 bits per heavy atom. The Kier molecular flexibility index (Phi) is 5.05. The number of nitrogens with zero attached hydrogens (tertiary/aromatic N) is 2. The summed E-state index contributed by atoms with van der Waals surface area (Å²) < 4.78 is 45.8. The van der Waals surface area contributed by atoms with Gasteiger partial charge in [-0.3, -0.25) is 4.79 Å². The number of anilines is 1. The Labute approximate surface area is 131 Å². The van der Waals surface area contributed by atoms with Crippen molar-refractivity contribution in [1.29, 1.82) is 0 Å². The zero-order chi connectivity index (χ0) is 17.0. The Hall–Kier alpha value is -2.35. The minimum absolute atomic E-state index is 0.111. The van der Waals surface area contributed by atoms with Crippen LogP contribution in [0, 0.1) is 5.92 Å². The van der Waals surface area contributed by atoms with Gasteiger partial charge in [-0.05, 0) is 12.1 Å². The molecule has 1 aromatic heterocycles. The molecule has 1 heterocycles. The van der Waals surface area contributed by atoms with E-state index in [4.69, 9.17) is 4.74 Å². The molecule has 1 atom stereocenters. The van der Waals surface area contributed by atoms with Crippen molar-refractivity contribution in [3.05, 3.63) is 42.2 Å². The van der Waals surface area contributed by atoms with Gasteiger partial charge in [0.15, 0.2) is 5.69 Å². The van der Waals surface area contributed by atoms with Gasteiger partial charge in [0.1, 0.15) is 0 Å². The fourth-order valence-electron chi connectivity index (χ4n) is 2.06. The number of hydrogen-bond donors (Lipinski definition) is 1. The third-order valence-corrected chi connectivity index (χ3v) is 3.16. The second kappa shape index (κ2) is 6.82. The number of carbonyl (C=O) groups is 1. The number of hydrogen-bond acceptors (Lipinski definition) is 3. The molecule has 1 amide bonds. The molecular formula is C15H16F3N3O2. The maximum absolute atomic E-state index is 13.4. The summed E-state index contributed by atoms with van der Waals surface area (Å²) in [6.45, 7) is 1.67. The highest BCUT2D eigenvalue weighted by Gasteiger charge is 2.39. The minimum atomic E-state index is -4.67. The summed E-state index contributed by atoms with van der Waals surface area (Å²) in [5.41, 5.74) is -1.15. The van der Waals surface area contributed by atoms with E-state index < -0.39 is 23.7 Å². The number of methoxy groups -OCH3 is 1. The lowest BCUT2D eigenvalue weighted by atomic mass is 10.2. The average Bonchev–Trinajstić information content (AvgIpc) is 2.92. The van der Waals surface area contributed by atoms with Crippen LogP contribution in [0.5, 0.6) is 0 Å². The SMILES string of the molecule is COC[C@@H](C)C(=O)Nc1cnn(-c2ccccc2)c1C(F)(F)F. The predicted octanol–water partition coefficient (Wildman–Crippen LogP) is 3.11. The van der Waals surface area contributed by atoms with Gasteiger partial charge in [-0.1, -0.05) is 25.1 Å². The summed E-state index contributed by atoms with van der Waals surface area (Å²) in [7, 11) is 1.42. The van der Waals surface area contributed by atoms with Crippen LogP contribution in [0.1, 0.15) is 12.6 Å². The summed E-state index contributed by atoms with van der Waals surface area (Å²) in [4.78, 5) is 11.9. The number of carbonyl (C=O) groups excluding carboxylic acids is 1. The first-order valence-corrected chi connectivity index (χ1v) is 6.85. The van der Waals surface area contributed by atoms with Crippen molar-refractivity contribution >= 4 is 11.6 Å². The maximum Gasteiger partial charge on any atom is 0.435 e. The molecule has 0 saturated carbocycles. The smallest absolute Gasteiger partial charge is 0.384 e. The lowest BCUT2D eigenvalue weighted by Crippen LogP contribution is -2.25. The molecule has 0 fully saturated rings. The highest BCUT2D eigenvalue weighted by atomic mass is 19.4. The number of halogens is 3. The topological polar surface area (TPSA) is 56.1 Å². The highest BCUT2D eigenvalue weighted by molar-refractivity contribution is 5.93. The van der Waals surface area contributed by atoms with Crippen LogP contribution in [0.4, 0.5) is 18.9 Å². The van der Waals surface area contributed by atoms with Gasteiger partial charge in [0.25, 0.3) is 0 Å². The Balaban J connectivity index is 2.38. The Morgan fingerprint density at radius 1 is 1.35 bits per heavy atom. The largest absolute Gasteiger partial charge is 0.435 e. The van der Waals surface area contributed by atoms with Gasteiger partial charge in [0.2, 0.25) is 5.91 Å². The molecule has 0 bridgehead atoms. The van der Waals surface area contributed by atoms with Crippen LogP contribution < -0.4 is 5.32 Å². The van der Waals surface area contributed by atoms with Gasteiger partial charge in [-0.25, -0.2) is 4.68 Å². The van der Waals surface area contributed by atoms with Gasteiger partial charge in [0.05, 0.1) is 30.1 Å². The third kappa shape index (κ3) is 3.89. The number of alkyl halides is 3. The van der Waals surface area contributed by atoms with E-state index >= 15 is 0 Å². The second-order valence-corrected chi connectivity index (χ2v) is 5.00. The molecular weight excluding hydrogens is 311 g/mol. The molecule has 0 spiro atoms. The van der Waals surface area contributed by atoms with E-state index in [0.717, 1.165) is 10.9 Å². The van der Waals surface area contributed by atoms with E-state index in [1.807, 2.05) is 0 Å². The zero-order valence-electron chi connectivity index (χ0n) is 12.6. The molecule has 0 saturated heterocycles. The van der Waals surface area contributed by atoms with Crippen LogP contribution in [0.25, 0.3) is 5.69 Å². The Morgan fingerprint density at radius 2 is 2.00 bits per heavy atom. The van der Waals surface area contributed by atoms with Crippen LogP contribution in [0.2, 0.25) is 0 Å². The van der Waals surface area contributed by atoms with Crippen molar-refractivity contribution in [2.24, 2.45) is 5.92 Å². The number of nitrogens with one attached hydrogen (secondary N) is 1. The van der Waals surface area contributed by atoms with E-state index in [2.05, 4.69) is 10.4 Å². The summed E-state index contributed by atoms with van der Waals surface area (Å²) in [6, 6.07) is 7.91. The van der Waals surface area contributed by atoms with Crippen molar-refractivity contribution in [1.82, 2.24) is 9.78 Å². The summed E-state index contributed by atoms with van der Waals surface area (Å²) in [6.07, 6.45) is -3.67. The minimum Gasteiger partial charge on any atom is -0.384 e. The molecule has 0 radical (unpaired) electrons. The second-order valence-electron chi connectivity index (χ2n) is 5.00. The number of amides is 1. The zero-order valence-corrected chi connectivity index (χ0v) is 12.6. The van der Waals surface area contributed by atoms with Crippen molar-refractivity contribution < 1.29 is 22.7 Å². The van der Waals surface area contributed by atoms with Gasteiger partial charge in [-0.2, -0.15) is 18.3 Å². The van der Waals surface area contributed by atoms with Crippen molar-refractivity contribution in [2.45, 2.75) is 13.1 Å². The fourth-order valence-corrected chi connectivity index (χ4v) is 2.06. The van der Waals surface area contributed by atoms with Crippen LogP contribution in [0.15, 0.2) is 36.5 Å². The van der Waals surface area contributed by atoms with E-state index in [0.29, 0.717) is 0 Å². The molecule has 2 rings (SSSR count). The average molecular weight is 327 g/mol. The molecule has 0 unspecified atom stereocenters. The maximum atomic E-state index is 13.4. The molecule has 5 nitrogen and oxygen atoms in total. The molecule has 0 aliphatic carbocycles. The lowest BCUT2D eigenvalue weighted by molar-refractivity contribution is -0.142. The first-order chi connectivity index (χ1) is 10.8. The van der Waals surface area contributed by atoms with Gasteiger partial charge in [0, 0.05) is 7.11 Å². The molecule has 0 aliphatic heterocycles. The monoisotopic (exact) mass is 327 g/mol. The molecule has 8 heteroatoms. The standard InChI is InChI=1S/C15H16F3N3O2/c1-10(9-23-2)14(22)20-12-8-19-21(13(12)15(16,17)18)11-6-4-3-5-7-11/h3-8,10H,9H2,1-2H3,(H,20,22)/t10-/m1/s1. The molecule has 23 heavy (non-hydrogen) atoms. The summed E-state index contributed by atoms with van der Waals surface area (Å²) >= 11 is 0. The third-order valence-electron chi connectivity index (χ3n) is 3.16. The van der Waals surface area contributed by atoms with E-state index in [1.54, 1.807) is 25.1 Å². The van der Waals surface area contributed by atoms with E-state index in [-0.39, 0.29) is 18.0 Å². The number of aromatic nitrogens is 2. The van der Waals surface area contributed by atoms with Crippen LogP contribution >= 0.6 is 0 Å². The Bertz CT molecular complexity index is 668. The van der Waals surface area contributed by atoms with Crippen molar-refractivity contribution in [3.8, 4) is 5.69 Å². The summed E-state index contributed by atoms with van der Waals surface area (Å²) in [5, 5.41) is 6.03. The first kappa shape index (κ1) is 17.0. The van der Waals surface area contributed by atoms with Gasteiger partial charge in [-0.15, -0.1) is 0 Å². The molecule has 1 N–H and O–H groups in total. The fraction of sp³-hybridized carbons (Fsp3) is 0.333. The normalized spacial score (nSPS) is 12.9. The molecule has 124 valence electrons.